The Balaban J connectivity index is 1.71. The van der Waals surface area contributed by atoms with Crippen molar-refractivity contribution in [2.75, 3.05) is 11.1 Å². The second-order valence-electron chi connectivity index (χ2n) is 6.16. The fraction of sp³-hybridized carbons (Fsp3) is 0.250. The lowest BCUT2D eigenvalue weighted by Gasteiger charge is -2.11. The van der Waals surface area contributed by atoms with Crippen LogP contribution in [0.3, 0.4) is 0 Å². The summed E-state index contributed by atoms with van der Waals surface area (Å²) in [5, 5.41) is 12.0. The maximum Gasteiger partial charge on any atom is 0.234 e. The summed E-state index contributed by atoms with van der Waals surface area (Å²) in [6, 6.07) is 12.1. The molecular formula is C20H21FN4OS. The summed E-state index contributed by atoms with van der Waals surface area (Å²) in [5.41, 5.74) is 3.71. The van der Waals surface area contributed by atoms with Crippen molar-refractivity contribution in [2.24, 2.45) is 0 Å². The maximum atomic E-state index is 13.1. The van der Waals surface area contributed by atoms with Crippen LogP contribution in [-0.4, -0.2) is 26.4 Å². The molecule has 0 atom stereocenters. The Hall–Kier alpha value is -2.67. The average molecular weight is 384 g/mol. The Bertz CT molecular complexity index is 933. The Morgan fingerprint density at radius 3 is 2.41 bits per heavy atom. The van der Waals surface area contributed by atoms with Crippen molar-refractivity contribution in [3.63, 3.8) is 0 Å². The van der Waals surface area contributed by atoms with Crippen LogP contribution >= 0.6 is 11.8 Å². The number of amides is 1. The van der Waals surface area contributed by atoms with Crippen molar-refractivity contribution in [1.29, 1.82) is 0 Å². The molecule has 0 aliphatic carbocycles. The second kappa shape index (κ2) is 8.35. The monoisotopic (exact) mass is 384 g/mol. The first kappa shape index (κ1) is 19.1. The summed E-state index contributed by atoms with van der Waals surface area (Å²) >= 11 is 1.33. The van der Waals surface area contributed by atoms with Gasteiger partial charge in [0.2, 0.25) is 5.91 Å². The Labute approximate surface area is 162 Å². The van der Waals surface area contributed by atoms with Crippen molar-refractivity contribution in [3.05, 3.63) is 59.4 Å². The number of halogens is 1. The van der Waals surface area contributed by atoms with Gasteiger partial charge in [-0.3, -0.25) is 4.79 Å². The van der Waals surface area contributed by atoms with Crippen LogP contribution in [0.4, 0.5) is 10.1 Å². The highest BCUT2D eigenvalue weighted by molar-refractivity contribution is 7.99. The molecule has 0 spiro atoms. The minimum atomic E-state index is -0.293. The third kappa shape index (κ3) is 4.36. The molecule has 1 aromatic heterocycles. The molecule has 0 saturated heterocycles. The van der Waals surface area contributed by atoms with E-state index in [0.29, 0.717) is 17.5 Å². The van der Waals surface area contributed by atoms with Crippen molar-refractivity contribution >= 4 is 23.4 Å². The quantitative estimate of drug-likeness (QED) is 0.638. The number of carbonyl (C=O) groups excluding carboxylic acids is 1. The molecule has 2 aromatic carbocycles. The minimum Gasteiger partial charge on any atom is -0.325 e. The number of benzene rings is 2. The summed E-state index contributed by atoms with van der Waals surface area (Å²) in [5.74, 6) is 0.510. The highest BCUT2D eigenvalue weighted by Gasteiger charge is 2.15. The van der Waals surface area contributed by atoms with E-state index in [1.165, 1.54) is 23.9 Å². The first-order valence-corrected chi connectivity index (χ1v) is 9.66. The summed E-state index contributed by atoms with van der Waals surface area (Å²) in [6.45, 7) is 6.58. The zero-order chi connectivity index (χ0) is 19.4. The normalized spacial score (nSPS) is 10.8. The van der Waals surface area contributed by atoms with E-state index in [1.54, 1.807) is 12.1 Å². The largest absolute Gasteiger partial charge is 0.325 e. The molecule has 27 heavy (non-hydrogen) atoms. The van der Waals surface area contributed by atoms with Crippen molar-refractivity contribution < 1.29 is 9.18 Å². The molecule has 0 aliphatic heterocycles. The summed E-state index contributed by atoms with van der Waals surface area (Å²) in [7, 11) is 0. The van der Waals surface area contributed by atoms with Gasteiger partial charge in [-0.1, -0.05) is 30.0 Å². The zero-order valence-electron chi connectivity index (χ0n) is 15.5. The molecular weight excluding hydrogens is 363 g/mol. The molecule has 3 aromatic rings. The molecule has 1 heterocycles. The van der Waals surface area contributed by atoms with Gasteiger partial charge in [-0.2, -0.15) is 0 Å². The molecule has 0 unspecified atom stereocenters. The number of para-hydroxylation sites is 1. The summed E-state index contributed by atoms with van der Waals surface area (Å²) in [4.78, 5) is 12.4. The fourth-order valence-electron chi connectivity index (χ4n) is 2.81. The number of hydrogen-bond acceptors (Lipinski definition) is 4. The van der Waals surface area contributed by atoms with Gasteiger partial charge in [0.25, 0.3) is 0 Å². The van der Waals surface area contributed by atoms with Crippen LogP contribution in [0.5, 0.6) is 0 Å². The number of aryl methyl sites for hydroxylation is 2. The number of hydrogen-bond donors (Lipinski definition) is 1. The zero-order valence-corrected chi connectivity index (χ0v) is 16.3. The predicted octanol–water partition coefficient (Wildman–Crippen LogP) is 4.45. The fourth-order valence-corrected chi connectivity index (χ4v) is 3.61. The number of thioether (sulfide) groups is 1. The number of anilines is 1. The van der Waals surface area contributed by atoms with E-state index < -0.39 is 0 Å². The van der Waals surface area contributed by atoms with Gasteiger partial charge in [-0.05, 0) is 56.2 Å². The molecule has 0 radical (unpaired) electrons. The number of nitrogens with one attached hydrogen (secondary N) is 1. The van der Waals surface area contributed by atoms with Gasteiger partial charge in [0, 0.05) is 17.8 Å². The summed E-state index contributed by atoms with van der Waals surface area (Å²) in [6.07, 6.45) is 0. The highest BCUT2D eigenvalue weighted by Crippen LogP contribution is 2.25. The molecule has 5 nitrogen and oxygen atoms in total. The van der Waals surface area contributed by atoms with Gasteiger partial charge < -0.3 is 9.88 Å². The van der Waals surface area contributed by atoms with Gasteiger partial charge in [0.15, 0.2) is 11.0 Å². The average Bonchev–Trinajstić information content (AvgIpc) is 3.06. The minimum absolute atomic E-state index is 0.0913. The van der Waals surface area contributed by atoms with Gasteiger partial charge in [0.1, 0.15) is 5.82 Å². The van der Waals surface area contributed by atoms with E-state index in [4.69, 9.17) is 0 Å². The number of carbonyl (C=O) groups is 1. The van der Waals surface area contributed by atoms with Crippen molar-refractivity contribution in [2.45, 2.75) is 32.5 Å². The van der Waals surface area contributed by atoms with E-state index in [0.717, 1.165) is 22.4 Å². The standard InChI is InChI=1S/C20H21FN4OS/c1-4-25-19(15-8-10-16(21)11-9-15)23-24-20(25)27-12-17(26)22-18-13(2)6-5-7-14(18)3/h5-11H,4,12H2,1-3H3,(H,22,26). The van der Waals surface area contributed by atoms with Crippen LogP contribution < -0.4 is 5.32 Å². The smallest absolute Gasteiger partial charge is 0.234 e. The topological polar surface area (TPSA) is 59.8 Å². The Morgan fingerprint density at radius 2 is 1.78 bits per heavy atom. The molecule has 1 N–H and O–H groups in total. The third-order valence-electron chi connectivity index (χ3n) is 4.21. The maximum absolute atomic E-state index is 13.1. The molecule has 1 amide bonds. The first-order valence-electron chi connectivity index (χ1n) is 8.67. The molecule has 0 saturated carbocycles. The molecule has 7 heteroatoms. The SMILES string of the molecule is CCn1c(SCC(=O)Nc2c(C)cccc2C)nnc1-c1ccc(F)cc1. The lowest BCUT2D eigenvalue weighted by atomic mass is 10.1. The number of aromatic nitrogens is 3. The molecule has 0 aliphatic rings. The van der Waals surface area contributed by atoms with Crippen LogP contribution in [-0.2, 0) is 11.3 Å². The van der Waals surface area contributed by atoms with E-state index in [-0.39, 0.29) is 17.5 Å². The molecule has 0 fully saturated rings. The van der Waals surface area contributed by atoms with Crippen LogP contribution in [0.25, 0.3) is 11.4 Å². The van der Waals surface area contributed by atoms with Crippen molar-refractivity contribution in [1.82, 2.24) is 14.8 Å². The van der Waals surface area contributed by atoms with Gasteiger partial charge in [-0.25, -0.2) is 4.39 Å². The lowest BCUT2D eigenvalue weighted by molar-refractivity contribution is -0.113. The van der Waals surface area contributed by atoms with Gasteiger partial charge in [0.05, 0.1) is 5.75 Å². The van der Waals surface area contributed by atoms with Crippen molar-refractivity contribution in [3.8, 4) is 11.4 Å². The third-order valence-corrected chi connectivity index (χ3v) is 5.18. The van der Waals surface area contributed by atoms with Gasteiger partial charge in [-0.15, -0.1) is 10.2 Å². The van der Waals surface area contributed by atoms with E-state index in [1.807, 2.05) is 43.5 Å². The summed E-state index contributed by atoms with van der Waals surface area (Å²) < 4.78 is 15.1. The Kier molecular flexibility index (Phi) is 5.91. The lowest BCUT2D eigenvalue weighted by Crippen LogP contribution is -2.16. The molecule has 0 bridgehead atoms. The highest BCUT2D eigenvalue weighted by atomic mass is 32.2. The molecule has 3 rings (SSSR count). The van der Waals surface area contributed by atoms with Crippen LogP contribution in [0, 0.1) is 19.7 Å². The number of rotatable bonds is 6. The van der Waals surface area contributed by atoms with Crippen LogP contribution in [0.15, 0.2) is 47.6 Å². The van der Waals surface area contributed by atoms with E-state index in [2.05, 4.69) is 15.5 Å². The van der Waals surface area contributed by atoms with E-state index >= 15 is 0 Å². The molecule has 140 valence electrons. The van der Waals surface area contributed by atoms with Gasteiger partial charge >= 0.3 is 0 Å². The van der Waals surface area contributed by atoms with Crippen LogP contribution in [0.1, 0.15) is 18.1 Å². The first-order chi connectivity index (χ1) is 13.0. The number of nitrogens with zero attached hydrogens (tertiary/aromatic N) is 3. The Morgan fingerprint density at radius 1 is 1.11 bits per heavy atom. The predicted molar refractivity (Wildman–Crippen MR) is 106 cm³/mol. The second-order valence-corrected chi connectivity index (χ2v) is 7.10. The van der Waals surface area contributed by atoms with E-state index in [9.17, 15) is 9.18 Å². The van der Waals surface area contributed by atoms with Crippen LogP contribution in [0.2, 0.25) is 0 Å².